The number of aryl methyl sites for hydroxylation is 1. The molecule has 3 rings (SSSR count). The van der Waals surface area contributed by atoms with Gasteiger partial charge >= 0.3 is 0 Å². The largest absolute Gasteiger partial charge is 0.506 e. The van der Waals surface area contributed by atoms with Crippen LogP contribution in [0, 0.1) is 0 Å². The molecule has 1 heterocycles. The van der Waals surface area contributed by atoms with Crippen LogP contribution in [0.3, 0.4) is 0 Å². The number of aromatic hydroxyl groups is 1. The minimum atomic E-state index is 0.484. The summed E-state index contributed by atoms with van der Waals surface area (Å²) in [6, 6.07) is 2.15. The first-order chi connectivity index (χ1) is 9.27. The van der Waals surface area contributed by atoms with Crippen molar-refractivity contribution >= 4 is 15.9 Å². The summed E-state index contributed by atoms with van der Waals surface area (Å²) in [6.45, 7) is 2.13. The minimum Gasteiger partial charge on any atom is -0.506 e. The van der Waals surface area contributed by atoms with Gasteiger partial charge in [0.25, 0.3) is 0 Å². The third kappa shape index (κ3) is 2.68. The van der Waals surface area contributed by atoms with Crippen LogP contribution < -0.4 is 5.32 Å². The lowest BCUT2D eigenvalue weighted by atomic mass is 9.84. The van der Waals surface area contributed by atoms with E-state index in [1.54, 1.807) is 0 Å². The molecule has 1 aromatic carbocycles. The quantitative estimate of drug-likeness (QED) is 0.768. The van der Waals surface area contributed by atoms with Crippen LogP contribution in [0.4, 0.5) is 0 Å². The fraction of sp³-hybridized carbons (Fsp3) is 0.625. The van der Waals surface area contributed by atoms with E-state index in [9.17, 15) is 5.11 Å². The van der Waals surface area contributed by atoms with E-state index in [4.69, 9.17) is 0 Å². The van der Waals surface area contributed by atoms with Gasteiger partial charge in [0.05, 0.1) is 4.47 Å². The molecule has 1 aliphatic carbocycles. The van der Waals surface area contributed by atoms with Gasteiger partial charge in [-0.3, -0.25) is 0 Å². The first kappa shape index (κ1) is 13.4. The van der Waals surface area contributed by atoms with Crippen LogP contribution in [0.1, 0.15) is 54.7 Å². The summed E-state index contributed by atoms with van der Waals surface area (Å²) in [5.41, 5.74) is 4.15. The van der Waals surface area contributed by atoms with E-state index < -0.39 is 0 Å². The molecule has 2 aliphatic rings. The van der Waals surface area contributed by atoms with Crippen molar-refractivity contribution < 1.29 is 5.11 Å². The van der Waals surface area contributed by atoms with Crippen LogP contribution in [0.15, 0.2) is 10.5 Å². The zero-order chi connectivity index (χ0) is 13.2. The molecule has 0 saturated carbocycles. The number of fused-ring (bicyclic) bond motifs is 1. The Morgan fingerprint density at radius 1 is 1.16 bits per heavy atom. The van der Waals surface area contributed by atoms with Gasteiger partial charge in [0.1, 0.15) is 5.75 Å². The van der Waals surface area contributed by atoms with Crippen LogP contribution in [-0.2, 0) is 12.8 Å². The fourth-order valence-electron chi connectivity index (χ4n) is 3.60. The second-order valence-corrected chi connectivity index (χ2v) is 6.72. The average molecular weight is 324 g/mol. The average Bonchev–Trinajstić information content (AvgIpc) is 2.66. The van der Waals surface area contributed by atoms with Crippen molar-refractivity contribution in [3.8, 4) is 5.75 Å². The molecule has 1 aromatic rings. The number of hydrogen-bond donors (Lipinski definition) is 2. The lowest BCUT2D eigenvalue weighted by molar-refractivity contribution is 0.421. The number of hydrogen-bond acceptors (Lipinski definition) is 2. The fourth-order valence-corrected chi connectivity index (χ4v) is 4.09. The number of piperidine rings is 1. The van der Waals surface area contributed by atoms with Gasteiger partial charge in [0.2, 0.25) is 0 Å². The summed E-state index contributed by atoms with van der Waals surface area (Å²) in [4.78, 5) is 0. The molecular weight excluding hydrogens is 302 g/mol. The van der Waals surface area contributed by atoms with Gasteiger partial charge in [0, 0.05) is 18.0 Å². The van der Waals surface area contributed by atoms with Crippen molar-refractivity contribution in [2.45, 2.75) is 50.9 Å². The molecule has 1 fully saturated rings. The summed E-state index contributed by atoms with van der Waals surface area (Å²) in [7, 11) is 0. The Balaban J connectivity index is 2.07. The maximum absolute atomic E-state index is 10.5. The number of benzene rings is 1. The highest BCUT2D eigenvalue weighted by atomic mass is 79.9. The molecule has 1 atom stereocenters. The maximum atomic E-state index is 10.5. The number of phenolic OH excluding ortho intramolecular Hbond substituents is 1. The molecule has 2 nitrogen and oxygen atoms in total. The Hall–Kier alpha value is -0.540. The van der Waals surface area contributed by atoms with E-state index in [0.29, 0.717) is 11.7 Å². The number of phenols is 1. The van der Waals surface area contributed by atoms with Gasteiger partial charge in [-0.2, -0.15) is 0 Å². The van der Waals surface area contributed by atoms with Gasteiger partial charge in [0.15, 0.2) is 0 Å². The van der Waals surface area contributed by atoms with Crippen molar-refractivity contribution in [1.29, 1.82) is 0 Å². The number of nitrogens with one attached hydrogen (secondary N) is 1. The molecule has 1 unspecified atom stereocenters. The van der Waals surface area contributed by atoms with Crippen molar-refractivity contribution in [2.75, 3.05) is 13.1 Å². The molecule has 2 N–H and O–H groups in total. The first-order valence-corrected chi connectivity index (χ1v) is 8.30. The van der Waals surface area contributed by atoms with Crippen LogP contribution in [-0.4, -0.2) is 18.2 Å². The molecule has 1 saturated heterocycles. The molecule has 19 heavy (non-hydrogen) atoms. The zero-order valence-electron chi connectivity index (χ0n) is 11.3. The van der Waals surface area contributed by atoms with Crippen LogP contribution in [0.2, 0.25) is 0 Å². The van der Waals surface area contributed by atoms with Crippen LogP contribution in [0.5, 0.6) is 5.75 Å². The summed E-state index contributed by atoms with van der Waals surface area (Å²) in [5.74, 6) is 0.979. The molecule has 0 bridgehead atoms. The zero-order valence-corrected chi connectivity index (χ0v) is 12.9. The highest BCUT2D eigenvalue weighted by Gasteiger charge is 2.25. The van der Waals surface area contributed by atoms with Gasteiger partial charge < -0.3 is 10.4 Å². The Kier molecular flexibility index (Phi) is 4.13. The van der Waals surface area contributed by atoms with E-state index >= 15 is 0 Å². The predicted octanol–water partition coefficient (Wildman–Crippen LogP) is 3.89. The Labute approximate surface area is 123 Å². The molecular formula is C16H22BrNO. The molecule has 104 valence electrons. The monoisotopic (exact) mass is 323 g/mol. The lowest BCUT2D eigenvalue weighted by Gasteiger charge is -2.27. The third-order valence-electron chi connectivity index (χ3n) is 4.57. The molecule has 3 heteroatoms. The van der Waals surface area contributed by atoms with E-state index in [2.05, 4.69) is 27.3 Å². The van der Waals surface area contributed by atoms with E-state index in [-0.39, 0.29) is 0 Å². The van der Waals surface area contributed by atoms with Crippen molar-refractivity contribution in [3.63, 3.8) is 0 Å². The maximum Gasteiger partial charge on any atom is 0.133 e. The summed E-state index contributed by atoms with van der Waals surface area (Å²) in [5, 5.41) is 14.0. The second kappa shape index (κ2) is 5.84. The SMILES string of the molecule is Oc1c(Br)cc2c(c1C1CCCNC1)CCCCC2. The lowest BCUT2D eigenvalue weighted by Crippen LogP contribution is -2.29. The first-order valence-electron chi connectivity index (χ1n) is 7.51. The van der Waals surface area contributed by atoms with Crippen molar-refractivity contribution in [1.82, 2.24) is 5.32 Å². The molecule has 0 radical (unpaired) electrons. The van der Waals surface area contributed by atoms with Crippen molar-refractivity contribution in [2.24, 2.45) is 0 Å². The predicted molar refractivity (Wildman–Crippen MR) is 81.9 cm³/mol. The minimum absolute atomic E-state index is 0.484. The van der Waals surface area contributed by atoms with Crippen molar-refractivity contribution in [3.05, 3.63) is 27.2 Å². The standard InChI is InChI=1S/C16H22BrNO/c17-14-9-11-5-2-1-3-7-13(11)15(16(14)19)12-6-4-8-18-10-12/h9,12,18-19H,1-8,10H2. The van der Waals surface area contributed by atoms with Gasteiger partial charge in [-0.25, -0.2) is 0 Å². The topological polar surface area (TPSA) is 32.3 Å². The summed E-state index contributed by atoms with van der Waals surface area (Å²) in [6.07, 6.45) is 8.58. The third-order valence-corrected chi connectivity index (χ3v) is 5.18. The second-order valence-electron chi connectivity index (χ2n) is 5.86. The highest BCUT2D eigenvalue weighted by molar-refractivity contribution is 9.10. The molecule has 0 amide bonds. The Morgan fingerprint density at radius 2 is 2.00 bits per heavy atom. The normalized spacial score (nSPS) is 23.7. The van der Waals surface area contributed by atoms with Crippen LogP contribution in [0.25, 0.3) is 0 Å². The Bertz CT molecular complexity index is 466. The van der Waals surface area contributed by atoms with Gasteiger partial charge in [-0.1, -0.05) is 6.42 Å². The summed E-state index contributed by atoms with van der Waals surface area (Å²) < 4.78 is 0.883. The van der Waals surface area contributed by atoms with Crippen LogP contribution >= 0.6 is 15.9 Å². The Morgan fingerprint density at radius 3 is 2.79 bits per heavy atom. The van der Waals surface area contributed by atoms with Gasteiger partial charge in [-0.05, 0) is 78.2 Å². The van der Waals surface area contributed by atoms with E-state index in [0.717, 1.165) is 24.0 Å². The number of halogens is 1. The van der Waals surface area contributed by atoms with Gasteiger partial charge in [-0.15, -0.1) is 0 Å². The highest BCUT2D eigenvalue weighted by Crippen LogP contribution is 2.41. The number of rotatable bonds is 1. The molecule has 0 aromatic heterocycles. The molecule has 1 aliphatic heterocycles. The smallest absolute Gasteiger partial charge is 0.133 e. The van der Waals surface area contributed by atoms with E-state index in [1.165, 1.54) is 55.2 Å². The molecule has 0 spiro atoms. The summed E-state index contributed by atoms with van der Waals surface area (Å²) >= 11 is 3.55. The van der Waals surface area contributed by atoms with E-state index in [1.807, 2.05) is 0 Å².